The van der Waals surface area contributed by atoms with Crippen LogP contribution < -0.4 is 4.74 Å². The topological polar surface area (TPSA) is 76.8 Å². The fraction of sp³-hybridized carbons (Fsp3) is 0.176. The van der Waals surface area contributed by atoms with Gasteiger partial charge in [0.25, 0.3) is 0 Å². The van der Waals surface area contributed by atoms with Crippen molar-refractivity contribution in [2.24, 2.45) is 0 Å². The van der Waals surface area contributed by atoms with Crippen molar-refractivity contribution in [2.45, 2.75) is 19.5 Å². The van der Waals surface area contributed by atoms with E-state index in [4.69, 9.17) is 0 Å². The molecule has 1 aliphatic heterocycles. The van der Waals surface area contributed by atoms with Crippen LogP contribution in [0.3, 0.4) is 0 Å². The van der Waals surface area contributed by atoms with Gasteiger partial charge in [-0.15, -0.1) is 14.8 Å². The van der Waals surface area contributed by atoms with Crippen LogP contribution in [-0.2, 0) is 9.59 Å². The molecule has 1 aliphatic rings. The summed E-state index contributed by atoms with van der Waals surface area (Å²) in [6, 6.07) is 8.73. The number of amides is 2. The SMILES string of the molecule is Fc1cccc(-c2nn3nc(OC(F)F)ccc3c2Br)c1.O=C1CCC(=O)N1Br. The van der Waals surface area contributed by atoms with Crippen molar-refractivity contribution in [1.29, 1.82) is 0 Å². The summed E-state index contributed by atoms with van der Waals surface area (Å²) < 4.78 is 44.6. The molecule has 2 aromatic heterocycles. The highest BCUT2D eigenvalue weighted by molar-refractivity contribution is 9.10. The monoisotopic (exact) mass is 534 g/mol. The molecule has 0 N–H and O–H groups in total. The Kier molecular flexibility index (Phi) is 6.52. The lowest BCUT2D eigenvalue weighted by Crippen LogP contribution is -2.16. The summed E-state index contributed by atoms with van der Waals surface area (Å²) in [5.74, 6) is -0.936. The van der Waals surface area contributed by atoms with E-state index in [9.17, 15) is 22.8 Å². The van der Waals surface area contributed by atoms with Crippen molar-refractivity contribution in [2.75, 3.05) is 0 Å². The molecule has 3 heterocycles. The van der Waals surface area contributed by atoms with Gasteiger partial charge in [-0.25, -0.2) is 8.32 Å². The third-order valence-electron chi connectivity index (χ3n) is 3.72. The number of nitrogens with zero attached hydrogens (tertiary/aromatic N) is 4. The number of alkyl halides is 2. The van der Waals surface area contributed by atoms with Crippen molar-refractivity contribution >= 4 is 49.4 Å². The van der Waals surface area contributed by atoms with E-state index in [1.165, 1.54) is 24.3 Å². The van der Waals surface area contributed by atoms with Gasteiger partial charge in [-0.3, -0.25) is 9.59 Å². The van der Waals surface area contributed by atoms with Gasteiger partial charge < -0.3 is 4.74 Å². The molecule has 0 bridgehead atoms. The molecule has 12 heteroatoms. The number of hydrogen-bond donors (Lipinski definition) is 0. The smallest absolute Gasteiger partial charge is 0.388 e. The number of rotatable bonds is 3. The number of ether oxygens (including phenoxy) is 1. The van der Waals surface area contributed by atoms with Crippen LogP contribution in [0.15, 0.2) is 40.9 Å². The first kappa shape index (κ1) is 21.2. The van der Waals surface area contributed by atoms with Gasteiger partial charge in [0.05, 0.1) is 20.6 Å². The van der Waals surface area contributed by atoms with Gasteiger partial charge >= 0.3 is 6.61 Å². The van der Waals surface area contributed by atoms with Crippen LogP contribution in [0.25, 0.3) is 16.8 Å². The first-order valence-electron chi connectivity index (χ1n) is 8.04. The van der Waals surface area contributed by atoms with E-state index in [2.05, 4.69) is 47.0 Å². The number of carbonyl (C=O) groups is 2. The number of benzene rings is 1. The number of aromatic nitrogens is 3. The normalized spacial score (nSPS) is 13.8. The van der Waals surface area contributed by atoms with Crippen molar-refractivity contribution in [1.82, 2.24) is 18.8 Å². The summed E-state index contributed by atoms with van der Waals surface area (Å²) >= 11 is 6.16. The van der Waals surface area contributed by atoms with Gasteiger partial charge in [-0.2, -0.15) is 8.78 Å². The molecule has 1 saturated heterocycles. The lowest BCUT2D eigenvalue weighted by atomic mass is 10.1. The highest BCUT2D eigenvalue weighted by Crippen LogP contribution is 2.31. The zero-order valence-electron chi connectivity index (χ0n) is 14.4. The number of hydrogen-bond acceptors (Lipinski definition) is 5. The molecule has 0 spiro atoms. The minimum Gasteiger partial charge on any atom is -0.415 e. The van der Waals surface area contributed by atoms with E-state index in [1.54, 1.807) is 12.1 Å². The Morgan fingerprint density at radius 2 is 1.76 bits per heavy atom. The first-order valence-corrected chi connectivity index (χ1v) is 9.54. The van der Waals surface area contributed by atoms with E-state index in [0.29, 0.717) is 34.1 Å². The van der Waals surface area contributed by atoms with Crippen LogP contribution in [0.1, 0.15) is 12.8 Å². The summed E-state index contributed by atoms with van der Waals surface area (Å²) in [7, 11) is 0. The molecular weight excluding hydrogens is 525 g/mol. The predicted octanol–water partition coefficient (Wildman–Crippen LogP) is 4.34. The highest BCUT2D eigenvalue weighted by Gasteiger charge is 2.26. The minimum atomic E-state index is -2.96. The average Bonchev–Trinajstić information content (AvgIpc) is 3.15. The van der Waals surface area contributed by atoms with E-state index in [1.807, 2.05) is 0 Å². The van der Waals surface area contributed by atoms with E-state index in [0.717, 1.165) is 8.56 Å². The molecule has 1 aromatic carbocycles. The second kappa shape index (κ2) is 8.91. The number of carbonyl (C=O) groups excluding carboxylic acids is 2. The van der Waals surface area contributed by atoms with Gasteiger partial charge in [0.15, 0.2) is 0 Å². The summed E-state index contributed by atoms with van der Waals surface area (Å²) in [4.78, 5) is 20.9. The molecule has 4 rings (SSSR count). The third-order valence-corrected chi connectivity index (χ3v) is 5.29. The molecule has 7 nitrogen and oxygen atoms in total. The Labute approximate surface area is 178 Å². The van der Waals surface area contributed by atoms with E-state index >= 15 is 0 Å². The fourth-order valence-electron chi connectivity index (χ4n) is 2.42. The van der Waals surface area contributed by atoms with Crippen LogP contribution in [0.2, 0.25) is 0 Å². The molecule has 0 saturated carbocycles. The Hall–Kier alpha value is -2.47. The summed E-state index contributed by atoms with van der Waals surface area (Å²) in [5.41, 5.74) is 1.55. The minimum absolute atomic E-state index is 0.144. The molecular formula is C17H11Br2F3N4O3. The fourth-order valence-corrected chi connectivity index (χ4v) is 3.37. The second-order valence-corrected chi connectivity index (χ2v) is 7.17. The highest BCUT2D eigenvalue weighted by atomic mass is 79.9. The van der Waals surface area contributed by atoms with Gasteiger partial charge in [0, 0.05) is 24.5 Å². The number of fused-ring (bicyclic) bond motifs is 1. The van der Waals surface area contributed by atoms with Crippen molar-refractivity contribution in [3.63, 3.8) is 0 Å². The Bertz CT molecular complexity index is 1060. The van der Waals surface area contributed by atoms with Crippen LogP contribution in [0, 0.1) is 5.82 Å². The van der Waals surface area contributed by atoms with Crippen LogP contribution >= 0.6 is 32.1 Å². The van der Waals surface area contributed by atoms with Gasteiger partial charge in [-0.05, 0) is 34.1 Å². The molecule has 0 atom stereocenters. The van der Waals surface area contributed by atoms with Crippen molar-refractivity contribution < 1.29 is 27.5 Å². The van der Waals surface area contributed by atoms with E-state index < -0.39 is 12.4 Å². The summed E-state index contributed by atoms with van der Waals surface area (Å²) in [6.45, 7) is -2.96. The maximum atomic E-state index is 13.3. The Morgan fingerprint density at radius 3 is 2.31 bits per heavy atom. The van der Waals surface area contributed by atoms with Crippen LogP contribution in [-0.4, -0.2) is 37.2 Å². The Balaban J connectivity index is 0.000000252. The summed E-state index contributed by atoms with van der Waals surface area (Å²) in [5, 5.41) is 7.98. The van der Waals surface area contributed by atoms with Crippen molar-refractivity contribution in [3.05, 3.63) is 46.7 Å². The molecule has 29 heavy (non-hydrogen) atoms. The van der Waals surface area contributed by atoms with Crippen LogP contribution in [0.5, 0.6) is 5.88 Å². The first-order chi connectivity index (χ1) is 13.8. The molecule has 152 valence electrons. The van der Waals surface area contributed by atoms with Crippen molar-refractivity contribution in [3.8, 4) is 17.1 Å². The quantitative estimate of drug-likeness (QED) is 0.368. The average molecular weight is 536 g/mol. The zero-order chi connectivity index (χ0) is 21.1. The predicted molar refractivity (Wildman–Crippen MR) is 103 cm³/mol. The van der Waals surface area contributed by atoms with Gasteiger partial charge in [0.1, 0.15) is 17.0 Å². The van der Waals surface area contributed by atoms with Gasteiger partial charge in [0.2, 0.25) is 17.7 Å². The van der Waals surface area contributed by atoms with E-state index in [-0.39, 0.29) is 17.7 Å². The standard InChI is InChI=1S/C13H7BrF3N3O.C4H4BrNO2/c14-11-9-4-5-10(21-13(16)17)18-20(9)19-12(11)7-2-1-3-8(15)6-7;5-6-3(7)1-2-4(6)8/h1-6,13H;1-2H2. The largest absolute Gasteiger partial charge is 0.415 e. The maximum Gasteiger partial charge on any atom is 0.388 e. The maximum absolute atomic E-state index is 13.3. The molecule has 2 amide bonds. The molecule has 1 fully saturated rings. The van der Waals surface area contributed by atoms with Crippen LogP contribution in [0.4, 0.5) is 13.2 Å². The second-order valence-electron chi connectivity index (χ2n) is 5.67. The summed E-state index contributed by atoms with van der Waals surface area (Å²) in [6.07, 6.45) is 0.703. The Morgan fingerprint density at radius 1 is 1.07 bits per heavy atom. The third kappa shape index (κ3) is 4.93. The molecule has 3 aromatic rings. The number of halogens is 5. The lowest BCUT2D eigenvalue weighted by Gasteiger charge is -2.02. The molecule has 0 radical (unpaired) electrons. The zero-order valence-corrected chi connectivity index (χ0v) is 17.5. The lowest BCUT2D eigenvalue weighted by molar-refractivity contribution is -0.131. The molecule has 0 unspecified atom stereocenters. The molecule has 0 aliphatic carbocycles. The van der Waals surface area contributed by atoms with Gasteiger partial charge in [-0.1, -0.05) is 12.1 Å². The number of imide groups is 1.